The number of benzene rings is 3. The van der Waals surface area contributed by atoms with Crippen LogP contribution in [0.15, 0.2) is 66.7 Å². The van der Waals surface area contributed by atoms with Crippen LogP contribution in [0.5, 0.6) is 5.75 Å². The molecule has 0 saturated heterocycles. The molecule has 154 valence electrons. The number of amides is 1. The molecule has 1 aliphatic rings. The van der Waals surface area contributed by atoms with Gasteiger partial charge in [0.2, 0.25) is 5.91 Å². The molecule has 30 heavy (non-hydrogen) atoms. The first kappa shape index (κ1) is 20.2. The third-order valence-corrected chi connectivity index (χ3v) is 5.66. The second-order valence-corrected chi connectivity index (χ2v) is 8.33. The molecule has 0 atom stereocenters. The summed E-state index contributed by atoms with van der Waals surface area (Å²) in [6.07, 6.45) is 1.70. The maximum absolute atomic E-state index is 12.0. The minimum absolute atomic E-state index is 0.00299. The van der Waals surface area contributed by atoms with Crippen molar-refractivity contribution in [1.82, 2.24) is 0 Å². The quantitative estimate of drug-likeness (QED) is 0.619. The van der Waals surface area contributed by atoms with Gasteiger partial charge in [0.15, 0.2) is 0 Å². The second-order valence-electron chi connectivity index (χ2n) is 8.33. The normalized spacial score (nSPS) is 13.1. The molecule has 0 aliphatic carbocycles. The van der Waals surface area contributed by atoms with Crippen molar-refractivity contribution in [2.75, 3.05) is 11.9 Å². The second kappa shape index (κ2) is 8.33. The number of hydrogen-bond acceptors (Lipinski definition) is 3. The standard InChI is InChI=1S/C26H28N2O2/c1-18-6-3-8-20(12-18)15-26(17-27,16-21-9-4-7-19(2)13-21)30-24-11-5-10-23-22(24)14-25(29)28-23/h3-13H,14-17,27H2,1-2H3,(H,28,29). The third-order valence-electron chi connectivity index (χ3n) is 5.66. The highest BCUT2D eigenvalue weighted by molar-refractivity contribution is 6.00. The molecule has 1 aliphatic heterocycles. The highest BCUT2D eigenvalue weighted by atomic mass is 16.5. The Hall–Kier alpha value is -3.11. The zero-order valence-electron chi connectivity index (χ0n) is 17.6. The molecule has 0 fully saturated rings. The maximum atomic E-state index is 12.0. The van der Waals surface area contributed by atoms with Crippen LogP contribution in [0.4, 0.5) is 5.69 Å². The molecule has 3 aromatic carbocycles. The minimum atomic E-state index is -0.623. The lowest BCUT2D eigenvalue weighted by atomic mass is 9.86. The summed E-state index contributed by atoms with van der Waals surface area (Å²) in [6, 6.07) is 22.7. The van der Waals surface area contributed by atoms with Gasteiger partial charge in [0.1, 0.15) is 11.4 Å². The Bertz CT molecular complexity index is 1030. The summed E-state index contributed by atoms with van der Waals surface area (Å²) in [4.78, 5) is 12.0. The summed E-state index contributed by atoms with van der Waals surface area (Å²) < 4.78 is 6.71. The van der Waals surface area contributed by atoms with Crippen LogP contribution >= 0.6 is 0 Å². The number of nitrogens with two attached hydrogens (primary N) is 1. The summed E-state index contributed by atoms with van der Waals surface area (Å²) in [5.74, 6) is 0.730. The lowest BCUT2D eigenvalue weighted by Crippen LogP contribution is -2.48. The number of ether oxygens (including phenoxy) is 1. The van der Waals surface area contributed by atoms with E-state index in [0.29, 0.717) is 25.8 Å². The van der Waals surface area contributed by atoms with Gasteiger partial charge in [-0.25, -0.2) is 0 Å². The van der Waals surface area contributed by atoms with Gasteiger partial charge in [-0.1, -0.05) is 65.7 Å². The maximum Gasteiger partial charge on any atom is 0.229 e. The first-order valence-electron chi connectivity index (χ1n) is 10.4. The first-order valence-corrected chi connectivity index (χ1v) is 10.4. The van der Waals surface area contributed by atoms with E-state index in [1.54, 1.807) is 0 Å². The summed E-state index contributed by atoms with van der Waals surface area (Å²) in [7, 11) is 0. The van der Waals surface area contributed by atoms with Crippen LogP contribution in [0.3, 0.4) is 0 Å². The van der Waals surface area contributed by atoms with E-state index in [1.165, 1.54) is 22.3 Å². The molecule has 1 amide bonds. The molecule has 4 rings (SSSR count). The Balaban J connectivity index is 1.73. The highest BCUT2D eigenvalue weighted by Crippen LogP contribution is 2.35. The van der Waals surface area contributed by atoms with Crippen LogP contribution in [0.25, 0.3) is 0 Å². The van der Waals surface area contributed by atoms with Gasteiger partial charge in [-0.3, -0.25) is 4.79 Å². The van der Waals surface area contributed by atoms with Crippen molar-refractivity contribution in [3.63, 3.8) is 0 Å². The fourth-order valence-corrected chi connectivity index (χ4v) is 4.26. The van der Waals surface area contributed by atoms with Crippen LogP contribution in [-0.4, -0.2) is 18.1 Å². The molecule has 4 heteroatoms. The van der Waals surface area contributed by atoms with Crippen molar-refractivity contribution in [2.45, 2.75) is 38.7 Å². The molecule has 0 saturated carbocycles. The van der Waals surface area contributed by atoms with E-state index < -0.39 is 5.60 Å². The number of hydrogen-bond donors (Lipinski definition) is 2. The number of nitrogens with one attached hydrogen (secondary N) is 1. The molecule has 1 heterocycles. The fourth-order valence-electron chi connectivity index (χ4n) is 4.26. The number of carbonyl (C=O) groups excluding carboxylic acids is 1. The van der Waals surface area contributed by atoms with Crippen LogP contribution in [0.2, 0.25) is 0 Å². The molecule has 3 aromatic rings. The summed E-state index contributed by atoms with van der Waals surface area (Å²) in [5, 5.41) is 2.91. The molecule has 0 bridgehead atoms. The minimum Gasteiger partial charge on any atom is -0.485 e. The van der Waals surface area contributed by atoms with Crippen LogP contribution in [0.1, 0.15) is 27.8 Å². The first-order chi connectivity index (χ1) is 14.5. The highest BCUT2D eigenvalue weighted by Gasteiger charge is 2.34. The molecule has 0 spiro atoms. The van der Waals surface area contributed by atoms with Gasteiger partial charge in [0, 0.05) is 30.6 Å². The molecule has 0 unspecified atom stereocenters. The Morgan fingerprint density at radius 1 is 0.933 bits per heavy atom. The summed E-state index contributed by atoms with van der Waals surface area (Å²) in [6.45, 7) is 4.55. The van der Waals surface area contributed by atoms with E-state index in [2.05, 4.69) is 67.7 Å². The monoisotopic (exact) mass is 400 g/mol. The van der Waals surface area contributed by atoms with E-state index in [0.717, 1.165) is 17.0 Å². The van der Waals surface area contributed by atoms with Gasteiger partial charge >= 0.3 is 0 Å². The lowest BCUT2D eigenvalue weighted by molar-refractivity contribution is -0.115. The number of carbonyl (C=O) groups is 1. The van der Waals surface area contributed by atoms with Crippen molar-refractivity contribution < 1.29 is 9.53 Å². The lowest BCUT2D eigenvalue weighted by Gasteiger charge is -2.35. The third kappa shape index (κ3) is 4.39. The number of anilines is 1. The predicted molar refractivity (Wildman–Crippen MR) is 121 cm³/mol. The van der Waals surface area contributed by atoms with E-state index in [4.69, 9.17) is 10.5 Å². The molecule has 0 radical (unpaired) electrons. The molecular formula is C26H28N2O2. The van der Waals surface area contributed by atoms with E-state index >= 15 is 0 Å². The van der Waals surface area contributed by atoms with Crippen molar-refractivity contribution in [3.05, 3.63) is 94.5 Å². The van der Waals surface area contributed by atoms with Crippen LogP contribution in [0, 0.1) is 13.8 Å². The smallest absolute Gasteiger partial charge is 0.229 e. The van der Waals surface area contributed by atoms with Gasteiger partial charge in [-0.05, 0) is 37.1 Å². The zero-order valence-corrected chi connectivity index (χ0v) is 17.6. The Morgan fingerprint density at radius 2 is 1.53 bits per heavy atom. The number of fused-ring (bicyclic) bond motifs is 1. The number of aryl methyl sites for hydroxylation is 2. The predicted octanol–water partition coefficient (Wildman–Crippen LogP) is 4.36. The molecule has 4 nitrogen and oxygen atoms in total. The van der Waals surface area contributed by atoms with Gasteiger partial charge in [-0.15, -0.1) is 0 Å². The van der Waals surface area contributed by atoms with Gasteiger partial charge < -0.3 is 15.8 Å². The molecular weight excluding hydrogens is 372 g/mol. The van der Waals surface area contributed by atoms with Gasteiger partial charge in [0.25, 0.3) is 0 Å². The average Bonchev–Trinajstić information content (AvgIpc) is 3.09. The van der Waals surface area contributed by atoms with E-state index in [9.17, 15) is 4.79 Å². The van der Waals surface area contributed by atoms with Crippen molar-refractivity contribution >= 4 is 11.6 Å². The average molecular weight is 401 g/mol. The summed E-state index contributed by atoms with van der Waals surface area (Å²) >= 11 is 0. The Labute approximate surface area is 178 Å². The summed E-state index contributed by atoms with van der Waals surface area (Å²) in [5.41, 5.74) is 12.3. The molecule has 3 N–H and O–H groups in total. The van der Waals surface area contributed by atoms with E-state index in [1.807, 2.05) is 18.2 Å². The zero-order chi connectivity index (χ0) is 21.1. The van der Waals surface area contributed by atoms with Gasteiger partial charge in [0.05, 0.1) is 6.42 Å². The van der Waals surface area contributed by atoms with Crippen molar-refractivity contribution in [1.29, 1.82) is 0 Å². The SMILES string of the molecule is Cc1cccc(CC(CN)(Cc2cccc(C)c2)Oc2cccc3c2CC(=O)N3)c1. The van der Waals surface area contributed by atoms with E-state index in [-0.39, 0.29) is 5.91 Å². The molecule has 0 aromatic heterocycles. The number of rotatable bonds is 7. The van der Waals surface area contributed by atoms with Crippen LogP contribution in [-0.2, 0) is 24.1 Å². The Kier molecular flexibility index (Phi) is 5.60. The fraction of sp³-hybridized carbons (Fsp3) is 0.269. The van der Waals surface area contributed by atoms with Crippen molar-refractivity contribution in [3.8, 4) is 5.75 Å². The van der Waals surface area contributed by atoms with Gasteiger partial charge in [-0.2, -0.15) is 0 Å². The Morgan fingerprint density at radius 3 is 2.10 bits per heavy atom. The topological polar surface area (TPSA) is 64.3 Å². The van der Waals surface area contributed by atoms with Crippen LogP contribution < -0.4 is 15.8 Å². The largest absolute Gasteiger partial charge is 0.485 e. The van der Waals surface area contributed by atoms with Crippen molar-refractivity contribution in [2.24, 2.45) is 5.73 Å².